The Balaban J connectivity index is 2.75. The molecule has 0 aromatic carbocycles. The Kier molecular flexibility index (Phi) is 3.86. The highest BCUT2D eigenvalue weighted by atomic mass is 14.9. The number of nitrogens with two attached hydrogens (primary N) is 1. The summed E-state index contributed by atoms with van der Waals surface area (Å²) in [5, 5.41) is 0. The smallest absolute Gasteiger partial charge is 0.127 e. The summed E-state index contributed by atoms with van der Waals surface area (Å²) in [5.41, 5.74) is 6.74. The minimum atomic E-state index is 0.582. The van der Waals surface area contributed by atoms with Crippen LogP contribution in [-0.4, -0.2) is 9.97 Å². The van der Waals surface area contributed by atoms with Gasteiger partial charge in [0.15, 0.2) is 0 Å². The SMILES string of the molecule is CCC(CC)Cc1cc(N)nc(C)n1. The van der Waals surface area contributed by atoms with E-state index in [1.807, 2.05) is 13.0 Å². The molecule has 1 rings (SSSR count). The fraction of sp³-hybridized carbons (Fsp3) is 0.636. The molecule has 0 saturated heterocycles. The molecule has 0 amide bonds. The molecule has 78 valence electrons. The second-order valence-electron chi connectivity index (χ2n) is 3.72. The predicted molar refractivity (Wildman–Crippen MR) is 59.0 cm³/mol. The van der Waals surface area contributed by atoms with E-state index in [1.165, 1.54) is 12.8 Å². The van der Waals surface area contributed by atoms with E-state index in [1.54, 1.807) is 0 Å². The van der Waals surface area contributed by atoms with Gasteiger partial charge in [-0.3, -0.25) is 0 Å². The van der Waals surface area contributed by atoms with Gasteiger partial charge >= 0.3 is 0 Å². The van der Waals surface area contributed by atoms with Gasteiger partial charge in [-0.25, -0.2) is 9.97 Å². The van der Waals surface area contributed by atoms with Gasteiger partial charge < -0.3 is 5.73 Å². The van der Waals surface area contributed by atoms with Crippen LogP contribution < -0.4 is 5.73 Å². The molecule has 0 spiro atoms. The summed E-state index contributed by atoms with van der Waals surface area (Å²) in [7, 11) is 0. The number of nitrogens with zero attached hydrogens (tertiary/aromatic N) is 2. The minimum absolute atomic E-state index is 0.582. The molecular formula is C11H19N3. The van der Waals surface area contributed by atoms with Gasteiger partial charge in [-0.05, 0) is 19.3 Å². The van der Waals surface area contributed by atoms with Crippen molar-refractivity contribution in [3.63, 3.8) is 0 Å². The number of aromatic nitrogens is 2. The molecule has 1 aromatic rings. The van der Waals surface area contributed by atoms with Crippen LogP contribution in [0.3, 0.4) is 0 Å². The molecule has 14 heavy (non-hydrogen) atoms. The molecule has 3 heteroatoms. The van der Waals surface area contributed by atoms with E-state index in [0.717, 1.165) is 17.9 Å². The maximum atomic E-state index is 5.67. The summed E-state index contributed by atoms with van der Waals surface area (Å²) >= 11 is 0. The number of aryl methyl sites for hydroxylation is 1. The first kappa shape index (κ1) is 11.0. The van der Waals surface area contributed by atoms with Crippen LogP contribution in [0.15, 0.2) is 6.07 Å². The van der Waals surface area contributed by atoms with Gasteiger partial charge in [-0.2, -0.15) is 0 Å². The van der Waals surface area contributed by atoms with Gasteiger partial charge in [-0.15, -0.1) is 0 Å². The van der Waals surface area contributed by atoms with E-state index >= 15 is 0 Å². The van der Waals surface area contributed by atoms with Crippen molar-refractivity contribution in [3.05, 3.63) is 17.6 Å². The summed E-state index contributed by atoms with van der Waals surface area (Å²) in [4.78, 5) is 8.44. The summed E-state index contributed by atoms with van der Waals surface area (Å²) in [6.45, 7) is 6.31. The number of hydrogen-bond acceptors (Lipinski definition) is 3. The van der Waals surface area contributed by atoms with Crippen molar-refractivity contribution in [2.45, 2.75) is 40.0 Å². The lowest BCUT2D eigenvalue weighted by Gasteiger charge is -2.11. The third-order valence-corrected chi connectivity index (χ3v) is 2.56. The minimum Gasteiger partial charge on any atom is -0.384 e. The van der Waals surface area contributed by atoms with Gasteiger partial charge in [0.25, 0.3) is 0 Å². The van der Waals surface area contributed by atoms with Gasteiger partial charge in [0.2, 0.25) is 0 Å². The van der Waals surface area contributed by atoms with E-state index in [9.17, 15) is 0 Å². The molecular weight excluding hydrogens is 174 g/mol. The molecule has 0 radical (unpaired) electrons. The van der Waals surface area contributed by atoms with E-state index in [-0.39, 0.29) is 0 Å². The number of hydrogen-bond donors (Lipinski definition) is 1. The van der Waals surface area contributed by atoms with Gasteiger partial charge in [0.05, 0.1) is 0 Å². The Morgan fingerprint density at radius 2 is 1.93 bits per heavy atom. The Hall–Kier alpha value is -1.12. The van der Waals surface area contributed by atoms with E-state index < -0.39 is 0 Å². The van der Waals surface area contributed by atoms with Crippen LogP contribution in [0.25, 0.3) is 0 Å². The summed E-state index contributed by atoms with van der Waals surface area (Å²) in [6, 6.07) is 1.88. The average Bonchev–Trinajstić information content (AvgIpc) is 2.12. The largest absolute Gasteiger partial charge is 0.384 e. The van der Waals surface area contributed by atoms with Crippen molar-refractivity contribution >= 4 is 5.82 Å². The molecule has 0 aliphatic heterocycles. The monoisotopic (exact) mass is 193 g/mol. The standard InChI is InChI=1S/C11H19N3/c1-4-9(5-2)6-10-7-11(12)14-8(3)13-10/h7,9H,4-6H2,1-3H3,(H2,12,13,14). The number of rotatable bonds is 4. The van der Waals surface area contributed by atoms with Gasteiger partial charge in [0, 0.05) is 11.8 Å². The van der Waals surface area contributed by atoms with Crippen molar-refractivity contribution in [2.75, 3.05) is 5.73 Å². The molecule has 0 fully saturated rings. The zero-order valence-electron chi connectivity index (χ0n) is 9.25. The third kappa shape index (κ3) is 2.98. The van der Waals surface area contributed by atoms with E-state index in [4.69, 9.17) is 5.73 Å². The Bertz CT molecular complexity index is 272. The van der Waals surface area contributed by atoms with Crippen molar-refractivity contribution in [1.82, 2.24) is 9.97 Å². The van der Waals surface area contributed by atoms with Gasteiger partial charge in [0.1, 0.15) is 11.6 Å². The van der Waals surface area contributed by atoms with Crippen LogP contribution in [-0.2, 0) is 6.42 Å². The molecule has 1 aromatic heterocycles. The topological polar surface area (TPSA) is 51.8 Å². The van der Waals surface area contributed by atoms with Crippen molar-refractivity contribution in [3.8, 4) is 0 Å². The third-order valence-electron chi connectivity index (χ3n) is 2.56. The highest BCUT2D eigenvalue weighted by Crippen LogP contribution is 2.15. The lowest BCUT2D eigenvalue weighted by Crippen LogP contribution is -2.06. The van der Waals surface area contributed by atoms with Crippen LogP contribution in [0.5, 0.6) is 0 Å². The normalized spacial score (nSPS) is 10.9. The highest BCUT2D eigenvalue weighted by molar-refractivity contribution is 5.29. The molecule has 0 aliphatic rings. The molecule has 1 heterocycles. The van der Waals surface area contributed by atoms with E-state index in [2.05, 4.69) is 23.8 Å². The van der Waals surface area contributed by atoms with Crippen LogP contribution in [0.4, 0.5) is 5.82 Å². The lowest BCUT2D eigenvalue weighted by molar-refractivity contribution is 0.484. The fourth-order valence-electron chi connectivity index (χ4n) is 1.63. The first-order valence-electron chi connectivity index (χ1n) is 5.25. The Morgan fingerprint density at radius 1 is 1.29 bits per heavy atom. The second-order valence-corrected chi connectivity index (χ2v) is 3.72. The van der Waals surface area contributed by atoms with Crippen molar-refractivity contribution in [1.29, 1.82) is 0 Å². The number of anilines is 1. The van der Waals surface area contributed by atoms with Crippen LogP contribution in [0.1, 0.15) is 38.2 Å². The maximum absolute atomic E-state index is 5.67. The Labute approximate surface area is 85.8 Å². The zero-order valence-corrected chi connectivity index (χ0v) is 9.25. The molecule has 3 nitrogen and oxygen atoms in total. The fourth-order valence-corrected chi connectivity index (χ4v) is 1.63. The summed E-state index contributed by atoms with van der Waals surface area (Å²) in [5.74, 6) is 2.06. The first-order chi connectivity index (χ1) is 6.65. The van der Waals surface area contributed by atoms with Crippen molar-refractivity contribution in [2.24, 2.45) is 5.92 Å². The molecule has 0 atom stereocenters. The quantitative estimate of drug-likeness (QED) is 0.798. The van der Waals surface area contributed by atoms with Gasteiger partial charge in [-0.1, -0.05) is 26.7 Å². The van der Waals surface area contributed by atoms with E-state index in [0.29, 0.717) is 11.7 Å². The van der Waals surface area contributed by atoms with Crippen LogP contribution in [0.2, 0.25) is 0 Å². The molecule has 2 N–H and O–H groups in total. The van der Waals surface area contributed by atoms with Crippen LogP contribution in [0, 0.1) is 12.8 Å². The molecule has 0 bridgehead atoms. The second kappa shape index (κ2) is 4.94. The zero-order chi connectivity index (χ0) is 10.6. The lowest BCUT2D eigenvalue weighted by atomic mass is 9.97. The Morgan fingerprint density at radius 3 is 2.43 bits per heavy atom. The molecule has 0 unspecified atom stereocenters. The first-order valence-corrected chi connectivity index (χ1v) is 5.25. The molecule has 0 saturated carbocycles. The average molecular weight is 193 g/mol. The van der Waals surface area contributed by atoms with Crippen molar-refractivity contribution < 1.29 is 0 Å². The number of nitrogen functional groups attached to an aromatic ring is 1. The van der Waals surface area contributed by atoms with Crippen LogP contribution >= 0.6 is 0 Å². The maximum Gasteiger partial charge on any atom is 0.127 e. The predicted octanol–water partition coefficient (Wildman–Crippen LogP) is 2.35. The summed E-state index contributed by atoms with van der Waals surface area (Å²) in [6.07, 6.45) is 3.40. The highest BCUT2D eigenvalue weighted by Gasteiger charge is 2.07. The molecule has 0 aliphatic carbocycles. The summed E-state index contributed by atoms with van der Waals surface area (Å²) < 4.78 is 0.